The van der Waals surface area contributed by atoms with Crippen LogP contribution in [0.15, 0.2) is 24.7 Å². The van der Waals surface area contributed by atoms with E-state index in [0.717, 1.165) is 25.7 Å². The van der Waals surface area contributed by atoms with Crippen molar-refractivity contribution >= 4 is 29.1 Å². The number of fused-ring (bicyclic) bond motifs is 1. The molecule has 2 heterocycles. The van der Waals surface area contributed by atoms with Crippen molar-refractivity contribution < 1.29 is 19.1 Å². The minimum Gasteiger partial charge on any atom is -0.465 e. The van der Waals surface area contributed by atoms with Gasteiger partial charge in [0.05, 0.1) is 25.7 Å². The van der Waals surface area contributed by atoms with Crippen molar-refractivity contribution in [2.24, 2.45) is 17.6 Å². The lowest BCUT2D eigenvalue weighted by Gasteiger charge is -2.19. The van der Waals surface area contributed by atoms with Crippen LogP contribution in [-0.2, 0) is 25.6 Å². The Morgan fingerprint density at radius 1 is 1.03 bits per heavy atom. The SMILES string of the molecule is CCCCC=CCCCCCCCC(=O)OCC(CCOC(=O)[C@@H](N)C(C)C)Cn1cnc2cnc(N)nc21. The Hall–Kier alpha value is -3.01. The Labute approximate surface area is 232 Å². The van der Waals surface area contributed by atoms with Crippen LogP contribution in [0.3, 0.4) is 0 Å². The van der Waals surface area contributed by atoms with Crippen LogP contribution in [0, 0.1) is 11.8 Å². The second-order valence-corrected chi connectivity index (χ2v) is 10.5. The zero-order chi connectivity index (χ0) is 28.5. The van der Waals surface area contributed by atoms with Crippen molar-refractivity contribution in [1.82, 2.24) is 19.5 Å². The number of imidazole rings is 1. The Bertz CT molecular complexity index is 1020. The molecular weight excluding hydrogens is 496 g/mol. The summed E-state index contributed by atoms with van der Waals surface area (Å²) < 4.78 is 12.9. The summed E-state index contributed by atoms with van der Waals surface area (Å²) in [5, 5.41) is 0. The van der Waals surface area contributed by atoms with E-state index in [9.17, 15) is 9.59 Å². The summed E-state index contributed by atoms with van der Waals surface area (Å²) >= 11 is 0. The van der Waals surface area contributed by atoms with Crippen LogP contribution in [0.4, 0.5) is 5.95 Å². The number of hydrogen-bond donors (Lipinski definition) is 2. The number of nitrogens with two attached hydrogens (primary N) is 2. The average molecular weight is 545 g/mol. The largest absolute Gasteiger partial charge is 0.465 e. The number of nitrogens with zero attached hydrogens (tertiary/aromatic N) is 4. The number of carbonyl (C=O) groups is 2. The molecule has 0 aliphatic rings. The molecule has 0 saturated heterocycles. The summed E-state index contributed by atoms with van der Waals surface area (Å²) in [6, 6.07) is -0.666. The number of hydrogen-bond acceptors (Lipinski definition) is 9. The van der Waals surface area contributed by atoms with Gasteiger partial charge < -0.3 is 25.5 Å². The van der Waals surface area contributed by atoms with Gasteiger partial charge in [-0.15, -0.1) is 0 Å². The molecule has 2 rings (SSSR count). The maximum Gasteiger partial charge on any atom is 0.323 e. The number of ether oxygens (including phenoxy) is 2. The van der Waals surface area contributed by atoms with Gasteiger partial charge in [-0.3, -0.25) is 9.59 Å². The third-order valence-electron chi connectivity index (χ3n) is 6.72. The van der Waals surface area contributed by atoms with E-state index >= 15 is 0 Å². The van der Waals surface area contributed by atoms with Crippen molar-refractivity contribution in [1.29, 1.82) is 0 Å². The number of unbranched alkanes of at least 4 members (excludes halogenated alkanes) is 7. The topological polar surface area (TPSA) is 148 Å². The lowest BCUT2D eigenvalue weighted by molar-refractivity contribution is -0.149. The smallest absolute Gasteiger partial charge is 0.323 e. The Morgan fingerprint density at radius 3 is 2.49 bits per heavy atom. The number of anilines is 1. The van der Waals surface area contributed by atoms with E-state index in [1.54, 1.807) is 12.5 Å². The lowest BCUT2D eigenvalue weighted by atomic mass is 10.1. The van der Waals surface area contributed by atoms with Gasteiger partial charge in [0.15, 0.2) is 5.65 Å². The first-order valence-electron chi connectivity index (χ1n) is 14.5. The highest BCUT2D eigenvalue weighted by Crippen LogP contribution is 2.16. The normalized spacial score (nSPS) is 13.3. The number of allylic oxidation sites excluding steroid dienone is 2. The number of nitrogen functional groups attached to an aromatic ring is 1. The number of rotatable bonds is 20. The van der Waals surface area contributed by atoms with Gasteiger partial charge in [0.1, 0.15) is 11.6 Å². The molecule has 1 unspecified atom stereocenters. The fraction of sp³-hybridized carbons (Fsp3) is 0.690. The molecular formula is C29H48N6O4. The molecule has 0 spiro atoms. The molecule has 0 aliphatic carbocycles. The third-order valence-corrected chi connectivity index (χ3v) is 6.72. The fourth-order valence-electron chi connectivity index (χ4n) is 4.10. The predicted molar refractivity (Wildman–Crippen MR) is 154 cm³/mol. The Kier molecular flexibility index (Phi) is 15.1. The lowest BCUT2D eigenvalue weighted by Crippen LogP contribution is -2.37. The van der Waals surface area contributed by atoms with Gasteiger partial charge in [0.25, 0.3) is 0 Å². The number of esters is 2. The van der Waals surface area contributed by atoms with Crippen molar-refractivity contribution in [2.45, 2.75) is 104 Å². The maximum absolute atomic E-state index is 12.4. The maximum atomic E-state index is 12.4. The molecule has 0 fully saturated rings. The summed E-state index contributed by atoms with van der Waals surface area (Å²) in [4.78, 5) is 37.2. The molecule has 39 heavy (non-hydrogen) atoms. The zero-order valence-electron chi connectivity index (χ0n) is 24.0. The van der Waals surface area contributed by atoms with Crippen LogP contribution in [0.1, 0.15) is 91.4 Å². The molecule has 0 aliphatic heterocycles. The van der Waals surface area contributed by atoms with Gasteiger partial charge in [0, 0.05) is 18.9 Å². The van der Waals surface area contributed by atoms with Crippen molar-refractivity contribution in [2.75, 3.05) is 18.9 Å². The Morgan fingerprint density at radius 2 is 1.74 bits per heavy atom. The van der Waals surface area contributed by atoms with E-state index in [1.807, 2.05) is 18.4 Å². The first kappa shape index (κ1) is 32.2. The Balaban J connectivity index is 1.78. The van der Waals surface area contributed by atoms with Gasteiger partial charge in [-0.1, -0.05) is 65.0 Å². The van der Waals surface area contributed by atoms with Crippen molar-refractivity contribution in [3.63, 3.8) is 0 Å². The molecule has 2 aromatic heterocycles. The molecule has 4 N–H and O–H groups in total. The highest BCUT2D eigenvalue weighted by atomic mass is 16.5. The second-order valence-electron chi connectivity index (χ2n) is 10.5. The van der Waals surface area contributed by atoms with Gasteiger partial charge in [0.2, 0.25) is 5.95 Å². The molecule has 0 bridgehead atoms. The second kappa shape index (κ2) is 18.3. The number of carbonyl (C=O) groups excluding carboxylic acids is 2. The molecule has 2 aromatic rings. The highest BCUT2D eigenvalue weighted by Gasteiger charge is 2.21. The molecule has 10 nitrogen and oxygen atoms in total. The molecule has 2 atom stereocenters. The summed E-state index contributed by atoms with van der Waals surface area (Å²) in [5.74, 6) is -0.603. The van der Waals surface area contributed by atoms with Crippen LogP contribution >= 0.6 is 0 Å². The van der Waals surface area contributed by atoms with E-state index in [4.69, 9.17) is 20.9 Å². The highest BCUT2D eigenvalue weighted by molar-refractivity contribution is 5.75. The fourth-order valence-corrected chi connectivity index (χ4v) is 4.10. The third kappa shape index (κ3) is 12.6. The summed E-state index contributed by atoms with van der Waals surface area (Å²) in [6.45, 7) is 6.82. The van der Waals surface area contributed by atoms with Gasteiger partial charge in [-0.2, -0.15) is 4.98 Å². The summed E-state index contributed by atoms with van der Waals surface area (Å²) in [6.07, 6.45) is 18.9. The molecule has 10 heteroatoms. The van der Waals surface area contributed by atoms with E-state index < -0.39 is 12.0 Å². The zero-order valence-corrected chi connectivity index (χ0v) is 24.0. The molecule has 0 radical (unpaired) electrons. The minimum absolute atomic E-state index is 0.0101. The van der Waals surface area contributed by atoms with Crippen LogP contribution in [0.2, 0.25) is 0 Å². The van der Waals surface area contributed by atoms with Crippen molar-refractivity contribution in [3.8, 4) is 0 Å². The van der Waals surface area contributed by atoms with Crippen molar-refractivity contribution in [3.05, 3.63) is 24.7 Å². The van der Waals surface area contributed by atoms with Crippen LogP contribution < -0.4 is 11.5 Å². The molecule has 0 saturated carbocycles. The van der Waals surface area contributed by atoms with Gasteiger partial charge in [-0.05, 0) is 38.0 Å². The monoisotopic (exact) mass is 544 g/mol. The van der Waals surface area contributed by atoms with E-state index in [0.29, 0.717) is 30.6 Å². The van der Waals surface area contributed by atoms with Crippen LogP contribution in [0.5, 0.6) is 0 Å². The van der Waals surface area contributed by atoms with Gasteiger partial charge in [-0.25, -0.2) is 9.97 Å². The number of aromatic nitrogens is 4. The standard InChI is InChI=1S/C29H48N6O4/c1-4-5-6-7-8-9-10-11-12-13-14-15-25(36)39-20-23(16-17-38-28(37)26(30)22(2)3)19-35-21-33-24-18-32-29(31)34-27(24)35/h7-8,18,21-23,26H,4-6,9-17,19-20,30H2,1-3H3,(H2,31,32,34)/t23?,26-/m0/s1. The van der Waals surface area contributed by atoms with E-state index in [1.165, 1.54) is 32.1 Å². The average Bonchev–Trinajstić information content (AvgIpc) is 3.31. The predicted octanol–water partition coefficient (Wildman–Crippen LogP) is 4.96. The quantitative estimate of drug-likeness (QED) is 0.134. The molecule has 0 aromatic carbocycles. The minimum atomic E-state index is -0.666. The van der Waals surface area contributed by atoms with E-state index in [2.05, 4.69) is 34.0 Å². The van der Waals surface area contributed by atoms with E-state index in [-0.39, 0.29) is 37.0 Å². The summed E-state index contributed by atoms with van der Waals surface area (Å²) in [5.41, 5.74) is 12.9. The van der Waals surface area contributed by atoms with Crippen LogP contribution in [0.25, 0.3) is 11.2 Å². The first-order chi connectivity index (χ1) is 18.8. The van der Waals surface area contributed by atoms with Gasteiger partial charge >= 0.3 is 11.9 Å². The van der Waals surface area contributed by atoms with Crippen LogP contribution in [-0.4, -0.2) is 50.7 Å². The molecule has 0 amide bonds. The first-order valence-corrected chi connectivity index (χ1v) is 14.5. The molecule has 218 valence electrons. The summed E-state index contributed by atoms with van der Waals surface area (Å²) in [7, 11) is 0.